The highest BCUT2D eigenvalue weighted by molar-refractivity contribution is 7.86. The minimum atomic E-state index is -3.98. The Morgan fingerprint density at radius 3 is 2.41 bits per heavy atom. The minimum absolute atomic E-state index is 0.0482. The van der Waals surface area contributed by atoms with Crippen molar-refractivity contribution in [2.45, 2.75) is 69.7 Å². The number of esters is 1. The summed E-state index contributed by atoms with van der Waals surface area (Å²) in [6.45, 7) is 8.80. The number of benzene rings is 1. The number of ether oxygens (including phenoxy) is 3. The summed E-state index contributed by atoms with van der Waals surface area (Å²) in [5.41, 5.74) is -0.00636. The summed E-state index contributed by atoms with van der Waals surface area (Å²) in [7, 11) is -3.98. The molecule has 0 aromatic heterocycles. The molecule has 32 heavy (non-hydrogen) atoms. The van der Waals surface area contributed by atoms with Crippen molar-refractivity contribution < 1.29 is 31.6 Å². The van der Waals surface area contributed by atoms with Crippen molar-refractivity contribution in [2.24, 2.45) is 23.7 Å². The summed E-state index contributed by atoms with van der Waals surface area (Å²) < 4.78 is 49.1. The van der Waals surface area contributed by atoms with Gasteiger partial charge in [-0.05, 0) is 51.2 Å². The summed E-state index contributed by atoms with van der Waals surface area (Å²) in [6.07, 6.45) is 3.11. The van der Waals surface area contributed by atoms with E-state index in [4.69, 9.17) is 18.4 Å². The number of fused-ring (bicyclic) bond motifs is 1. The number of hydrogen-bond donors (Lipinski definition) is 0. The first-order valence-electron chi connectivity index (χ1n) is 11.5. The van der Waals surface area contributed by atoms with Gasteiger partial charge < -0.3 is 14.2 Å². The monoisotopic (exact) mass is 466 g/mol. The van der Waals surface area contributed by atoms with Crippen LogP contribution >= 0.6 is 0 Å². The molecule has 0 amide bonds. The highest BCUT2D eigenvalue weighted by Crippen LogP contribution is 2.54. The molecule has 0 bridgehead atoms. The second-order valence-corrected chi connectivity index (χ2v) is 11.4. The van der Waals surface area contributed by atoms with Crippen molar-refractivity contribution in [3.63, 3.8) is 0 Å². The molecule has 0 spiro atoms. The largest absolute Gasteiger partial charge is 0.456 e. The lowest BCUT2D eigenvalue weighted by Crippen LogP contribution is -2.54. The van der Waals surface area contributed by atoms with Gasteiger partial charge in [0, 0.05) is 18.3 Å². The van der Waals surface area contributed by atoms with E-state index in [0.717, 1.165) is 18.4 Å². The van der Waals surface area contributed by atoms with E-state index in [0.29, 0.717) is 26.1 Å². The maximum Gasteiger partial charge on any atom is 0.309 e. The summed E-state index contributed by atoms with van der Waals surface area (Å²) in [5, 5.41) is 0. The van der Waals surface area contributed by atoms with Gasteiger partial charge in [0.25, 0.3) is 10.1 Å². The fraction of sp³-hybridized carbons (Fsp3) is 0.708. The van der Waals surface area contributed by atoms with Crippen molar-refractivity contribution in [2.75, 3.05) is 19.8 Å². The lowest BCUT2D eigenvalue weighted by molar-refractivity contribution is -0.177. The fourth-order valence-electron chi connectivity index (χ4n) is 5.75. The molecule has 3 aliphatic rings. The lowest BCUT2D eigenvalue weighted by atomic mass is 9.61. The zero-order chi connectivity index (χ0) is 23.1. The smallest absolute Gasteiger partial charge is 0.309 e. The molecule has 0 radical (unpaired) electrons. The Kier molecular flexibility index (Phi) is 6.44. The van der Waals surface area contributed by atoms with Crippen LogP contribution in [0.4, 0.5) is 0 Å². The van der Waals surface area contributed by atoms with E-state index in [2.05, 4.69) is 6.92 Å². The first kappa shape index (κ1) is 23.7. The van der Waals surface area contributed by atoms with E-state index in [9.17, 15) is 13.2 Å². The molecular formula is C24H34O7S. The molecule has 1 aliphatic carbocycles. The van der Waals surface area contributed by atoms with Crippen molar-refractivity contribution in [3.05, 3.63) is 29.8 Å². The number of rotatable bonds is 7. The van der Waals surface area contributed by atoms with Crippen molar-refractivity contribution in [3.8, 4) is 0 Å². The first-order valence-corrected chi connectivity index (χ1v) is 12.9. The van der Waals surface area contributed by atoms with E-state index in [-0.39, 0.29) is 41.1 Å². The third-order valence-corrected chi connectivity index (χ3v) is 8.98. The van der Waals surface area contributed by atoms with E-state index >= 15 is 0 Å². The van der Waals surface area contributed by atoms with Gasteiger partial charge in [0.05, 0.1) is 24.0 Å². The zero-order valence-electron chi connectivity index (χ0n) is 19.3. The number of hydrogen-bond acceptors (Lipinski definition) is 7. The number of aryl methyl sites for hydroxylation is 1. The van der Waals surface area contributed by atoms with Crippen LogP contribution in [-0.2, 0) is 33.3 Å². The number of carbonyl (C=O) groups excluding carboxylic acids is 1. The van der Waals surface area contributed by atoms with Crippen molar-refractivity contribution in [1.29, 1.82) is 0 Å². The second kappa shape index (κ2) is 8.70. The molecule has 4 rings (SSSR count). The molecule has 2 saturated heterocycles. The maximum absolute atomic E-state index is 12.9. The fourth-order valence-corrected chi connectivity index (χ4v) is 6.69. The lowest BCUT2D eigenvalue weighted by Gasteiger charge is -2.48. The third kappa shape index (κ3) is 4.34. The second-order valence-electron chi connectivity index (χ2n) is 9.83. The molecule has 1 aromatic carbocycles. The Balaban J connectivity index is 1.60. The molecular weight excluding hydrogens is 432 g/mol. The normalized spacial score (nSPS) is 34.3. The van der Waals surface area contributed by atoms with E-state index in [1.54, 1.807) is 24.3 Å². The molecule has 1 aromatic rings. The van der Waals surface area contributed by atoms with Crippen LogP contribution in [0.15, 0.2) is 29.2 Å². The van der Waals surface area contributed by atoms with Crippen LogP contribution in [0.25, 0.3) is 0 Å². The summed E-state index contributed by atoms with van der Waals surface area (Å²) in [6, 6.07) is 6.56. The standard InChI is InChI=1S/C24H34O7S/c1-16-5-8-19(9-6-16)32(26,27)30-15-24-20(11-12-23(4)28-13-14-29-23)17(2)7-10-21(24)18(3)22(25)31-24/h5-6,8-9,17-18,20-21H,7,10-15H2,1-4H3/t17-,18-,20+,21+,24+/m1/s1. The number of carbonyl (C=O) groups is 1. The molecule has 7 nitrogen and oxygen atoms in total. The summed E-state index contributed by atoms with van der Waals surface area (Å²) >= 11 is 0. The molecule has 8 heteroatoms. The molecule has 2 heterocycles. The Labute approximate surface area is 190 Å². The summed E-state index contributed by atoms with van der Waals surface area (Å²) in [4.78, 5) is 12.8. The topological polar surface area (TPSA) is 88.1 Å². The molecule has 3 fully saturated rings. The highest BCUT2D eigenvalue weighted by atomic mass is 32.2. The average Bonchev–Trinajstić information content (AvgIpc) is 3.28. The predicted octanol–water partition coefficient (Wildman–Crippen LogP) is 3.84. The van der Waals surface area contributed by atoms with Gasteiger partial charge >= 0.3 is 5.97 Å². The van der Waals surface area contributed by atoms with Gasteiger partial charge in [-0.2, -0.15) is 8.42 Å². The van der Waals surface area contributed by atoms with E-state index in [1.165, 1.54) is 0 Å². The molecule has 178 valence electrons. The van der Waals surface area contributed by atoms with Crippen LogP contribution in [0.5, 0.6) is 0 Å². The average molecular weight is 467 g/mol. The van der Waals surface area contributed by atoms with Crippen LogP contribution < -0.4 is 0 Å². The quantitative estimate of drug-likeness (QED) is 0.446. The minimum Gasteiger partial charge on any atom is -0.456 e. The molecule has 5 atom stereocenters. The van der Waals surface area contributed by atoms with Gasteiger partial charge in [0.1, 0.15) is 12.2 Å². The van der Waals surface area contributed by atoms with Gasteiger partial charge in [-0.1, -0.05) is 31.5 Å². The summed E-state index contributed by atoms with van der Waals surface area (Å²) in [5.74, 6) is -1.09. The third-order valence-electron chi connectivity index (χ3n) is 7.70. The van der Waals surface area contributed by atoms with Crippen LogP contribution in [0.2, 0.25) is 0 Å². The SMILES string of the molecule is Cc1ccc(S(=O)(=O)OC[C@@]23OC(=O)[C@H](C)[C@@H]2CC[C@@H](C)[C@@H]3CCC2(C)OCCO2)cc1. The van der Waals surface area contributed by atoms with Gasteiger partial charge in [0.2, 0.25) is 0 Å². The van der Waals surface area contributed by atoms with Crippen LogP contribution in [0, 0.1) is 30.6 Å². The van der Waals surface area contributed by atoms with Crippen LogP contribution in [-0.4, -0.2) is 45.6 Å². The van der Waals surface area contributed by atoms with Gasteiger partial charge in [-0.15, -0.1) is 0 Å². The maximum atomic E-state index is 12.9. The van der Waals surface area contributed by atoms with Crippen LogP contribution in [0.1, 0.15) is 52.0 Å². The Morgan fingerprint density at radius 1 is 1.09 bits per heavy atom. The Bertz CT molecular complexity index is 936. The predicted molar refractivity (Wildman–Crippen MR) is 117 cm³/mol. The van der Waals surface area contributed by atoms with E-state index in [1.807, 2.05) is 20.8 Å². The Hall–Kier alpha value is -1.48. The molecule has 1 saturated carbocycles. The highest BCUT2D eigenvalue weighted by Gasteiger charge is 2.61. The molecule has 0 N–H and O–H groups in total. The van der Waals surface area contributed by atoms with Crippen molar-refractivity contribution in [1.82, 2.24) is 0 Å². The van der Waals surface area contributed by atoms with Crippen LogP contribution in [0.3, 0.4) is 0 Å². The molecule has 0 unspecified atom stereocenters. The first-order chi connectivity index (χ1) is 15.1. The van der Waals surface area contributed by atoms with Gasteiger partial charge in [-0.3, -0.25) is 8.98 Å². The van der Waals surface area contributed by atoms with Gasteiger partial charge in [-0.25, -0.2) is 0 Å². The zero-order valence-corrected chi connectivity index (χ0v) is 20.2. The van der Waals surface area contributed by atoms with E-state index < -0.39 is 21.5 Å². The molecule has 2 aliphatic heterocycles. The Morgan fingerprint density at radius 2 is 1.75 bits per heavy atom. The van der Waals surface area contributed by atoms with Crippen molar-refractivity contribution >= 4 is 16.1 Å². The van der Waals surface area contributed by atoms with Gasteiger partial charge in [0.15, 0.2) is 5.79 Å².